The van der Waals surface area contributed by atoms with Crippen LogP contribution in [0.5, 0.6) is 0 Å². The van der Waals surface area contributed by atoms with Crippen molar-refractivity contribution in [1.29, 1.82) is 0 Å². The molecule has 0 fully saturated rings. The van der Waals surface area contributed by atoms with Gasteiger partial charge in [0.05, 0.1) is 18.7 Å². The van der Waals surface area contributed by atoms with E-state index in [1.807, 2.05) is 25.1 Å². The van der Waals surface area contributed by atoms with Crippen LogP contribution >= 0.6 is 0 Å². The molecule has 9 nitrogen and oxygen atoms in total. The fourth-order valence-corrected chi connectivity index (χ4v) is 3.46. The Morgan fingerprint density at radius 1 is 1.43 bits per heavy atom. The molecule has 1 aromatic carbocycles. The Balaban J connectivity index is 2.00. The summed E-state index contributed by atoms with van der Waals surface area (Å²) < 4.78 is 10.5. The molecule has 0 bridgehead atoms. The summed E-state index contributed by atoms with van der Waals surface area (Å²) in [5.74, 6) is 0.676. The maximum Gasteiger partial charge on any atom is 0.407 e. The smallest absolute Gasteiger partial charge is 0.407 e. The molecule has 2 heterocycles. The molecule has 150 valence electrons. The lowest BCUT2D eigenvalue weighted by Gasteiger charge is -2.39. The van der Waals surface area contributed by atoms with Crippen LogP contribution in [0.25, 0.3) is 11.5 Å². The van der Waals surface area contributed by atoms with Crippen LogP contribution in [0.15, 0.2) is 22.7 Å². The predicted molar refractivity (Wildman–Crippen MR) is 102 cm³/mol. The number of carbonyl (C=O) groups is 2. The second-order valence-corrected chi connectivity index (χ2v) is 7.12. The first-order chi connectivity index (χ1) is 13.3. The van der Waals surface area contributed by atoms with E-state index in [2.05, 4.69) is 15.5 Å². The van der Waals surface area contributed by atoms with Gasteiger partial charge in [0.15, 0.2) is 5.82 Å². The van der Waals surface area contributed by atoms with Crippen molar-refractivity contribution in [3.05, 3.63) is 29.6 Å². The maximum atomic E-state index is 12.2. The summed E-state index contributed by atoms with van der Waals surface area (Å²) >= 11 is 0. The number of rotatable bonds is 4. The van der Waals surface area contributed by atoms with Crippen molar-refractivity contribution in [3.8, 4) is 11.5 Å². The van der Waals surface area contributed by atoms with Gasteiger partial charge in [-0.05, 0) is 51.0 Å². The zero-order chi connectivity index (χ0) is 20.4. The van der Waals surface area contributed by atoms with Crippen LogP contribution in [-0.2, 0) is 16.1 Å². The molecule has 3 N–H and O–H groups in total. The molecular weight excluding hydrogens is 362 g/mol. The molecular formula is C19H25N5O4. The molecule has 2 aromatic rings. The SMILES string of the molecule is CC(=O)N1c2ccc(-c3nc(CN)no3)cc2[C@H](NC(=O)OC(C)C)C[C@@H]1C. The van der Waals surface area contributed by atoms with E-state index < -0.39 is 6.09 Å². The molecule has 0 radical (unpaired) electrons. The number of carbonyl (C=O) groups excluding carboxylic acids is 2. The molecule has 0 saturated heterocycles. The Kier molecular flexibility index (Phi) is 5.64. The van der Waals surface area contributed by atoms with Crippen molar-refractivity contribution >= 4 is 17.7 Å². The lowest BCUT2D eigenvalue weighted by Crippen LogP contribution is -2.45. The lowest BCUT2D eigenvalue weighted by atomic mass is 9.90. The largest absolute Gasteiger partial charge is 0.447 e. The number of nitrogens with one attached hydrogen (secondary N) is 1. The highest BCUT2D eigenvalue weighted by molar-refractivity contribution is 5.94. The van der Waals surface area contributed by atoms with Gasteiger partial charge < -0.3 is 25.2 Å². The van der Waals surface area contributed by atoms with Gasteiger partial charge in [0, 0.05) is 24.2 Å². The van der Waals surface area contributed by atoms with Crippen LogP contribution in [0.4, 0.5) is 10.5 Å². The number of amides is 2. The molecule has 9 heteroatoms. The van der Waals surface area contributed by atoms with Gasteiger partial charge in [-0.2, -0.15) is 4.98 Å². The number of nitrogens with two attached hydrogens (primary N) is 1. The van der Waals surface area contributed by atoms with Crippen molar-refractivity contribution in [2.45, 2.75) is 58.8 Å². The van der Waals surface area contributed by atoms with E-state index in [1.165, 1.54) is 6.92 Å². The standard InChI is InChI=1S/C19H25N5O4/c1-10(2)27-19(26)21-15-7-11(3)24(12(4)25)16-6-5-13(8-14(15)16)18-22-17(9-20)23-28-18/h5-6,8,10-11,15H,7,9,20H2,1-4H3,(H,21,26)/t11-,15+/m0/s1. The van der Waals surface area contributed by atoms with Crippen LogP contribution in [0.1, 0.15) is 51.5 Å². The molecule has 2 amide bonds. The first-order valence-electron chi connectivity index (χ1n) is 9.24. The zero-order valence-corrected chi connectivity index (χ0v) is 16.4. The Bertz CT molecular complexity index is 879. The van der Waals surface area contributed by atoms with Crippen molar-refractivity contribution in [1.82, 2.24) is 15.5 Å². The topological polar surface area (TPSA) is 124 Å². The van der Waals surface area contributed by atoms with Crippen molar-refractivity contribution in [2.75, 3.05) is 4.90 Å². The lowest BCUT2D eigenvalue weighted by molar-refractivity contribution is -0.117. The fourth-order valence-electron chi connectivity index (χ4n) is 3.46. The second kappa shape index (κ2) is 7.97. The van der Waals surface area contributed by atoms with Gasteiger partial charge in [0.25, 0.3) is 5.89 Å². The van der Waals surface area contributed by atoms with Gasteiger partial charge in [-0.25, -0.2) is 4.79 Å². The Morgan fingerprint density at radius 2 is 2.18 bits per heavy atom. The maximum absolute atomic E-state index is 12.2. The molecule has 0 aliphatic carbocycles. The highest BCUT2D eigenvalue weighted by atomic mass is 16.6. The Labute approximate surface area is 163 Å². The molecule has 2 atom stereocenters. The highest BCUT2D eigenvalue weighted by Crippen LogP contribution is 2.39. The quantitative estimate of drug-likeness (QED) is 0.826. The van der Waals surface area contributed by atoms with Crippen LogP contribution in [0.3, 0.4) is 0 Å². The fraction of sp³-hybridized carbons (Fsp3) is 0.474. The number of benzene rings is 1. The Hall–Kier alpha value is -2.94. The van der Waals surface area contributed by atoms with E-state index in [1.54, 1.807) is 18.7 Å². The summed E-state index contributed by atoms with van der Waals surface area (Å²) in [5, 5.41) is 6.72. The van der Waals surface area contributed by atoms with E-state index in [0.717, 1.165) is 11.3 Å². The molecule has 0 spiro atoms. The predicted octanol–water partition coefficient (Wildman–Crippen LogP) is 2.52. The van der Waals surface area contributed by atoms with E-state index in [0.29, 0.717) is 23.7 Å². The van der Waals surface area contributed by atoms with Gasteiger partial charge in [-0.1, -0.05) is 5.16 Å². The van der Waals surface area contributed by atoms with Crippen molar-refractivity contribution in [3.63, 3.8) is 0 Å². The van der Waals surface area contributed by atoms with Gasteiger partial charge >= 0.3 is 6.09 Å². The minimum Gasteiger partial charge on any atom is -0.447 e. The summed E-state index contributed by atoms with van der Waals surface area (Å²) in [4.78, 5) is 30.4. The number of hydrogen-bond acceptors (Lipinski definition) is 7. The third kappa shape index (κ3) is 3.99. The summed E-state index contributed by atoms with van der Waals surface area (Å²) in [6.45, 7) is 7.23. The summed E-state index contributed by atoms with van der Waals surface area (Å²) in [5.41, 5.74) is 7.76. The van der Waals surface area contributed by atoms with Gasteiger partial charge in [0.2, 0.25) is 5.91 Å². The van der Waals surface area contributed by atoms with Crippen molar-refractivity contribution in [2.24, 2.45) is 5.73 Å². The molecule has 1 aromatic heterocycles. The van der Waals surface area contributed by atoms with Gasteiger partial charge in [0.1, 0.15) is 0 Å². The van der Waals surface area contributed by atoms with E-state index >= 15 is 0 Å². The van der Waals surface area contributed by atoms with E-state index in [4.69, 9.17) is 15.0 Å². The summed E-state index contributed by atoms with van der Waals surface area (Å²) in [6.07, 6.45) is -0.169. The van der Waals surface area contributed by atoms with Gasteiger partial charge in [-0.3, -0.25) is 4.79 Å². The average Bonchev–Trinajstić information content (AvgIpc) is 3.09. The van der Waals surface area contributed by atoms with Gasteiger partial charge in [-0.15, -0.1) is 0 Å². The third-order valence-corrected chi connectivity index (χ3v) is 4.55. The number of anilines is 1. The normalized spacial score (nSPS) is 18.7. The number of fused-ring (bicyclic) bond motifs is 1. The monoisotopic (exact) mass is 387 g/mol. The Morgan fingerprint density at radius 3 is 2.79 bits per heavy atom. The molecule has 0 saturated carbocycles. The van der Waals surface area contributed by atoms with E-state index in [9.17, 15) is 9.59 Å². The number of ether oxygens (including phenoxy) is 1. The highest BCUT2D eigenvalue weighted by Gasteiger charge is 2.34. The number of hydrogen-bond donors (Lipinski definition) is 2. The minimum atomic E-state index is -0.497. The average molecular weight is 387 g/mol. The summed E-state index contributed by atoms with van der Waals surface area (Å²) in [6, 6.07) is 5.10. The first kappa shape index (κ1) is 19.8. The number of nitrogens with zero attached hydrogens (tertiary/aromatic N) is 3. The van der Waals surface area contributed by atoms with Crippen LogP contribution in [0, 0.1) is 0 Å². The minimum absolute atomic E-state index is 0.0621. The van der Waals surface area contributed by atoms with Crippen molar-refractivity contribution < 1.29 is 18.8 Å². The third-order valence-electron chi connectivity index (χ3n) is 4.55. The summed E-state index contributed by atoms with van der Waals surface area (Å²) in [7, 11) is 0. The number of alkyl carbamates (subject to hydrolysis) is 1. The molecule has 3 rings (SSSR count). The first-order valence-corrected chi connectivity index (χ1v) is 9.24. The second-order valence-electron chi connectivity index (χ2n) is 7.12. The van der Waals surface area contributed by atoms with Crippen LogP contribution in [-0.4, -0.2) is 34.3 Å². The van der Waals surface area contributed by atoms with Crippen LogP contribution in [0.2, 0.25) is 0 Å². The van der Waals surface area contributed by atoms with E-state index in [-0.39, 0.29) is 30.6 Å². The molecule has 1 aliphatic rings. The molecule has 0 unspecified atom stereocenters. The zero-order valence-electron chi connectivity index (χ0n) is 16.4. The molecule has 1 aliphatic heterocycles. The number of aromatic nitrogens is 2. The van der Waals surface area contributed by atoms with Crippen LogP contribution < -0.4 is 16.0 Å². The molecule has 28 heavy (non-hydrogen) atoms.